The summed E-state index contributed by atoms with van der Waals surface area (Å²) >= 11 is 0. The van der Waals surface area contributed by atoms with E-state index in [0.717, 1.165) is 13.8 Å². The van der Waals surface area contributed by atoms with E-state index < -0.39 is 11.7 Å². The third-order valence-corrected chi connectivity index (χ3v) is 5.15. The molecule has 0 atom stereocenters. The summed E-state index contributed by atoms with van der Waals surface area (Å²) < 4.78 is 40.8. The number of rotatable bonds is 5. The van der Waals surface area contributed by atoms with E-state index in [9.17, 15) is 18.0 Å². The lowest BCUT2D eigenvalue weighted by Gasteiger charge is -2.37. The van der Waals surface area contributed by atoms with Gasteiger partial charge in [-0.15, -0.1) is 0 Å². The van der Waals surface area contributed by atoms with Crippen LogP contribution in [0.4, 0.5) is 13.2 Å². The SMILES string of the molecule is Cc1cc(C(=O)NC2CCC(NC(C)(C)C(F)(F)F)CC2)nc(-n2ccnc2)n1. The summed E-state index contributed by atoms with van der Waals surface area (Å²) in [5, 5.41) is 5.65. The van der Waals surface area contributed by atoms with Gasteiger partial charge in [-0.2, -0.15) is 13.2 Å². The summed E-state index contributed by atoms with van der Waals surface area (Å²) in [6, 6.07) is 1.28. The molecule has 2 aromatic rings. The van der Waals surface area contributed by atoms with E-state index >= 15 is 0 Å². The van der Waals surface area contributed by atoms with Crippen LogP contribution in [-0.2, 0) is 0 Å². The molecule has 7 nitrogen and oxygen atoms in total. The van der Waals surface area contributed by atoms with Gasteiger partial charge in [-0.1, -0.05) is 0 Å². The highest BCUT2D eigenvalue weighted by atomic mass is 19.4. The zero-order valence-corrected chi connectivity index (χ0v) is 16.6. The number of imidazole rings is 1. The molecule has 1 aliphatic carbocycles. The number of halogens is 3. The zero-order chi connectivity index (χ0) is 21.2. The van der Waals surface area contributed by atoms with Crippen molar-refractivity contribution in [1.82, 2.24) is 30.2 Å². The molecule has 1 amide bonds. The van der Waals surface area contributed by atoms with E-state index in [2.05, 4.69) is 25.6 Å². The maximum absolute atomic E-state index is 13.1. The van der Waals surface area contributed by atoms with Gasteiger partial charge in [0.15, 0.2) is 0 Å². The van der Waals surface area contributed by atoms with Crippen molar-refractivity contribution in [1.29, 1.82) is 0 Å². The molecule has 158 valence electrons. The second-order valence-electron chi connectivity index (χ2n) is 7.95. The monoisotopic (exact) mass is 410 g/mol. The summed E-state index contributed by atoms with van der Waals surface area (Å²) in [7, 11) is 0. The molecule has 0 radical (unpaired) electrons. The lowest BCUT2D eigenvalue weighted by atomic mass is 9.89. The minimum Gasteiger partial charge on any atom is -0.348 e. The summed E-state index contributed by atoms with van der Waals surface area (Å²) in [6.07, 6.45) is 2.86. The summed E-state index contributed by atoms with van der Waals surface area (Å²) in [5.74, 6) is 0.0406. The topological polar surface area (TPSA) is 84.7 Å². The van der Waals surface area contributed by atoms with Crippen LogP contribution in [-0.4, -0.2) is 49.2 Å². The number of alkyl halides is 3. The summed E-state index contributed by atoms with van der Waals surface area (Å²) in [4.78, 5) is 25.2. The van der Waals surface area contributed by atoms with Crippen LogP contribution in [0.3, 0.4) is 0 Å². The molecule has 0 bridgehead atoms. The van der Waals surface area contributed by atoms with Crippen LogP contribution >= 0.6 is 0 Å². The van der Waals surface area contributed by atoms with Crippen LogP contribution in [0.2, 0.25) is 0 Å². The number of nitrogens with zero attached hydrogens (tertiary/aromatic N) is 4. The molecular weight excluding hydrogens is 385 g/mol. The fourth-order valence-electron chi connectivity index (χ4n) is 3.40. The van der Waals surface area contributed by atoms with E-state index in [1.807, 2.05) is 0 Å². The lowest BCUT2D eigenvalue weighted by Crippen LogP contribution is -2.57. The first-order valence-corrected chi connectivity index (χ1v) is 9.54. The first kappa shape index (κ1) is 21.2. The Morgan fingerprint density at radius 1 is 1.14 bits per heavy atom. The Balaban J connectivity index is 1.58. The Kier molecular flexibility index (Phi) is 5.92. The van der Waals surface area contributed by atoms with Crippen LogP contribution < -0.4 is 10.6 Å². The molecule has 2 aromatic heterocycles. The Morgan fingerprint density at radius 2 is 1.79 bits per heavy atom. The molecule has 0 spiro atoms. The smallest absolute Gasteiger partial charge is 0.348 e. The Labute approximate surface area is 167 Å². The molecule has 0 unspecified atom stereocenters. The maximum atomic E-state index is 13.1. The molecule has 10 heteroatoms. The number of hydrogen-bond donors (Lipinski definition) is 2. The molecule has 1 aliphatic rings. The van der Waals surface area contributed by atoms with Gasteiger partial charge >= 0.3 is 6.18 Å². The zero-order valence-electron chi connectivity index (χ0n) is 16.6. The third-order valence-electron chi connectivity index (χ3n) is 5.15. The number of nitrogens with one attached hydrogen (secondary N) is 2. The van der Waals surface area contributed by atoms with Crippen molar-refractivity contribution in [3.05, 3.63) is 36.2 Å². The van der Waals surface area contributed by atoms with E-state index in [4.69, 9.17) is 0 Å². The predicted molar refractivity (Wildman–Crippen MR) is 101 cm³/mol. The standard InChI is InChI=1S/C19H25F3N6O/c1-12-10-15(26-17(24-12)28-9-8-23-11-28)16(29)25-13-4-6-14(7-5-13)27-18(2,3)19(20,21)22/h8-11,13-14,27H,4-7H2,1-3H3,(H,25,29). The van der Waals surface area contributed by atoms with Crippen molar-refractivity contribution in [3.8, 4) is 5.95 Å². The van der Waals surface area contributed by atoms with Crippen molar-refractivity contribution >= 4 is 5.91 Å². The first-order chi connectivity index (χ1) is 13.5. The van der Waals surface area contributed by atoms with Gasteiger partial charge < -0.3 is 10.6 Å². The van der Waals surface area contributed by atoms with Crippen molar-refractivity contribution in [2.75, 3.05) is 0 Å². The molecule has 2 heterocycles. The van der Waals surface area contributed by atoms with Gasteiger partial charge in [0, 0.05) is 30.2 Å². The molecule has 1 saturated carbocycles. The second-order valence-corrected chi connectivity index (χ2v) is 7.95. The lowest BCUT2D eigenvalue weighted by molar-refractivity contribution is -0.188. The van der Waals surface area contributed by atoms with Crippen molar-refractivity contribution < 1.29 is 18.0 Å². The van der Waals surface area contributed by atoms with Crippen LogP contribution in [0.15, 0.2) is 24.8 Å². The van der Waals surface area contributed by atoms with E-state index in [1.165, 1.54) is 0 Å². The van der Waals surface area contributed by atoms with Gasteiger partial charge in [0.25, 0.3) is 5.91 Å². The van der Waals surface area contributed by atoms with Crippen LogP contribution in [0, 0.1) is 6.92 Å². The summed E-state index contributed by atoms with van der Waals surface area (Å²) in [5.41, 5.74) is -1.04. The second kappa shape index (κ2) is 8.10. The molecule has 3 rings (SSSR count). The third kappa shape index (κ3) is 5.11. The number of amides is 1. The van der Waals surface area contributed by atoms with Crippen molar-refractivity contribution in [3.63, 3.8) is 0 Å². The van der Waals surface area contributed by atoms with Crippen molar-refractivity contribution in [2.45, 2.75) is 70.3 Å². The average molecular weight is 410 g/mol. The van der Waals surface area contributed by atoms with Gasteiger partial charge in [0.05, 0.1) is 0 Å². The normalized spacial score (nSPS) is 20.5. The molecular formula is C19H25F3N6O. The summed E-state index contributed by atoms with van der Waals surface area (Å²) in [6.45, 7) is 4.07. The highest BCUT2D eigenvalue weighted by molar-refractivity contribution is 5.92. The van der Waals surface area contributed by atoms with E-state index in [-0.39, 0.29) is 23.7 Å². The minimum atomic E-state index is -4.31. The molecule has 1 fully saturated rings. The largest absolute Gasteiger partial charge is 0.406 e. The number of carbonyl (C=O) groups is 1. The molecule has 0 aliphatic heterocycles. The average Bonchev–Trinajstić information content (AvgIpc) is 3.16. The van der Waals surface area contributed by atoms with Gasteiger partial charge in [0.2, 0.25) is 5.95 Å². The molecule has 0 saturated heterocycles. The fourth-order valence-corrected chi connectivity index (χ4v) is 3.40. The number of carbonyl (C=O) groups excluding carboxylic acids is 1. The van der Waals surface area contributed by atoms with Crippen LogP contribution in [0.1, 0.15) is 55.7 Å². The van der Waals surface area contributed by atoms with E-state index in [0.29, 0.717) is 37.3 Å². The Morgan fingerprint density at radius 3 is 2.38 bits per heavy atom. The Hall–Kier alpha value is -2.49. The quantitative estimate of drug-likeness (QED) is 0.792. The predicted octanol–water partition coefficient (Wildman–Crippen LogP) is 2.94. The molecule has 0 aromatic carbocycles. The van der Waals surface area contributed by atoms with Crippen LogP contribution in [0.5, 0.6) is 0 Å². The van der Waals surface area contributed by atoms with Gasteiger partial charge in [0.1, 0.15) is 17.6 Å². The maximum Gasteiger partial charge on any atom is 0.406 e. The van der Waals surface area contributed by atoms with Gasteiger partial charge in [-0.3, -0.25) is 9.36 Å². The van der Waals surface area contributed by atoms with Gasteiger partial charge in [-0.25, -0.2) is 15.0 Å². The number of aromatic nitrogens is 4. The van der Waals surface area contributed by atoms with Crippen molar-refractivity contribution in [2.24, 2.45) is 0 Å². The highest BCUT2D eigenvalue weighted by Gasteiger charge is 2.48. The number of hydrogen-bond acceptors (Lipinski definition) is 5. The Bertz CT molecular complexity index is 842. The van der Waals surface area contributed by atoms with E-state index in [1.54, 1.807) is 36.3 Å². The highest BCUT2D eigenvalue weighted by Crippen LogP contribution is 2.32. The fraction of sp³-hybridized carbons (Fsp3) is 0.579. The minimum absolute atomic E-state index is 0.0958. The number of aryl methyl sites for hydroxylation is 1. The first-order valence-electron chi connectivity index (χ1n) is 9.54. The molecule has 2 N–H and O–H groups in total. The van der Waals surface area contributed by atoms with Gasteiger partial charge in [-0.05, 0) is 52.5 Å². The van der Waals surface area contributed by atoms with Crippen LogP contribution in [0.25, 0.3) is 5.95 Å². The molecule has 29 heavy (non-hydrogen) atoms.